The van der Waals surface area contributed by atoms with Gasteiger partial charge in [0.15, 0.2) is 17.8 Å². The molecule has 4 nitrogen and oxygen atoms in total. The van der Waals surface area contributed by atoms with Gasteiger partial charge in [-0.15, -0.1) is 0 Å². The fourth-order valence-electron chi connectivity index (χ4n) is 2.70. The van der Waals surface area contributed by atoms with Crippen LogP contribution in [0.1, 0.15) is 42.6 Å². The van der Waals surface area contributed by atoms with Crippen LogP contribution in [-0.2, 0) is 0 Å². The van der Waals surface area contributed by atoms with Crippen LogP contribution in [0.5, 0.6) is 0 Å². The Kier molecular flexibility index (Phi) is 3.81. The molecule has 0 spiro atoms. The third kappa shape index (κ3) is 2.74. The molecule has 3 rings (SSSR count). The maximum Gasteiger partial charge on any atom is 0.274 e. The van der Waals surface area contributed by atoms with Crippen LogP contribution in [0, 0.1) is 0 Å². The number of hydrogen-bond acceptors (Lipinski definition) is 3. The van der Waals surface area contributed by atoms with E-state index in [1.807, 2.05) is 30.3 Å². The van der Waals surface area contributed by atoms with Crippen LogP contribution in [-0.4, -0.2) is 16.9 Å². The molecule has 0 saturated heterocycles. The molecular weight excluding hydrogens is 252 g/mol. The number of benzene rings is 1. The highest BCUT2D eigenvalue weighted by Crippen LogP contribution is 2.23. The number of hydrogen-bond donors (Lipinski definition) is 1. The van der Waals surface area contributed by atoms with Gasteiger partial charge in [0.25, 0.3) is 5.91 Å². The normalized spacial score (nSPS) is 16.0. The van der Waals surface area contributed by atoms with Crippen molar-refractivity contribution in [1.82, 2.24) is 10.3 Å². The zero-order valence-corrected chi connectivity index (χ0v) is 11.3. The zero-order valence-electron chi connectivity index (χ0n) is 11.3. The van der Waals surface area contributed by atoms with Gasteiger partial charge in [-0.25, -0.2) is 4.98 Å². The molecule has 0 unspecified atom stereocenters. The predicted octanol–water partition coefficient (Wildman–Crippen LogP) is 3.40. The average molecular weight is 270 g/mol. The fraction of sp³-hybridized carbons (Fsp3) is 0.375. The molecule has 1 saturated carbocycles. The molecule has 1 aliphatic rings. The lowest BCUT2D eigenvalue weighted by Crippen LogP contribution is -2.36. The molecule has 20 heavy (non-hydrogen) atoms. The van der Waals surface area contributed by atoms with Gasteiger partial charge in [0.2, 0.25) is 0 Å². The van der Waals surface area contributed by atoms with Crippen molar-refractivity contribution in [2.24, 2.45) is 0 Å². The van der Waals surface area contributed by atoms with Crippen LogP contribution in [0.15, 0.2) is 41.1 Å². The first kappa shape index (κ1) is 12.9. The Morgan fingerprint density at radius 1 is 1.15 bits per heavy atom. The Bertz CT molecular complexity index is 571. The minimum atomic E-state index is -0.135. The summed E-state index contributed by atoms with van der Waals surface area (Å²) in [5.41, 5.74) is 1.25. The second kappa shape index (κ2) is 5.90. The van der Waals surface area contributed by atoms with Crippen LogP contribution in [0.25, 0.3) is 11.3 Å². The average Bonchev–Trinajstić information content (AvgIpc) is 2.99. The number of nitrogens with zero attached hydrogens (tertiary/aromatic N) is 1. The molecule has 1 aromatic carbocycles. The molecule has 104 valence electrons. The summed E-state index contributed by atoms with van der Waals surface area (Å²) in [6.07, 6.45) is 7.10. The van der Waals surface area contributed by atoms with E-state index in [2.05, 4.69) is 10.3 Å². The molecule has 1 heterocycles. The molecule has 1 aliphatic carbocycles. The lowest BCUT2D eigenvalue weighted by atomic mass is 9.95. The highest BCUT2D eigenvalue weighted by Gasteiger charge is 2.22. The van der Waals surface area contributed by atoms with Gasteiger partial charge in [-0.3, -0.25) is 4.79 Å². The third-order valence-corrected chi connectivity index (χ3v) is 3.76. The first-order valence-corrected chi connectivity index (χ1v) is 7.14. The molecule has 2 aromatic rings. The maximum absolute atomic E-state index is 12.3. The highest BCUT2D eigenvalue weighted by atomic mass is 16.3. The second-order valence-electron chi connectivity index (χ2n) is 5.20. The third-order valence-electron chi connectivity index (χ3n) is 3.76. The second-order valence-corrected chi connectivity index (χ2v) is 5.20. The lowest BCUT2D eigenvalue weighted by Gasteiger charge is -2.22. The summed E-state index contributed by atoms with van der Waals surface area (Å²) < 4.78 is 5.39. The summed E-state index contributed by atoms with van der Waals surface area (Å²) in [7, 11) is 0. The minimum Gasteiger partial charge on any atom is -0.443 e. The van der Waals surface area contributed by atoms with E-state index < -0.39 is 0 Å². The quantitative estimate of drug-likeness (QED) is 0.930. The summed E-state index contributed by atoms with van der Waals surface area (Å²) in [5.74, 6) is 0.406. The number of carbonyl (C=O) groups excluding carboxylic acids is 1. The van der Waals surface area contributed by atoms with Gasteiger partial charge in [0.1, 0.15) is 0 Å². The van der Waals surface area contributed by atoms with Gasteiger partial charge in [-0.1, -0.05) is 49.6 Å². The van der Waals surface area contributed by atoms with Crippen LogP contribution in [0.3, 0.4) is 0 Å². The number of oxazole rings is 1. The Hall–Kier alpha value is -2.10. The van der Waals surface area contributed by atoms with E-state index in [0.29, 0.717) is 11.5 Å². The van der Waals surface area contributed by atoms with Crippen molar-refractivity contribution in [1.29, 1.82) is 0 Å². The number of carbonyl (C=O) groups is 1. The number of aromatic nitrogens is 1. The van der Waals surface area contributed by atoms with Crippen molar-refractivity contribution in [3.63, 3.8) is 0 Å². The number of rotatable bonds is 3. The van der Waals surface area contributed by atoms with Crippen LogP contribution >= 0.6 is 0 Å². The molecule has 1 N–H and O–H groups in total. The van der Waals surface area contributed by atoms with Gasteiger partial charge in [-0.2, -0.15) is 0 Å². The van der Waals surface area contributed by atoms with E-state index in [9.17, 15) is 4.79 Å². The van der Waals surface area contributed by atoms with Gasteiger partial charge >= 0.3 is 0 Å². The van der Waals surface area contributed by atoms with E-state index in [-0.39, 0.29) is 11.9 Å². The molecular formula is C16H18N2O2. The molecule has 0 bridgehead atoms. The van der Waals surface area contributed by atoms with Crippen molar-refractivity contribution >= 4 is 5.91 Å². The lowest BCUT2D eigenvalue weighted by molar-refractivity contribution is 0.0923. The summed E-state index contributed by atoms with van der Waals surface area (Å²) in [6, 6.07) is 9.87. The van der Waals surface area contributed by atoms with Crippen molar-refractivity contribution in [2.75, 3.05) is 0 Å². The predicted molar refractivity (Wildman–Crippen MR) is 76.3 cm³/mol. The Balaban J connectivity index is 1.77. The van der Waals surface area contributed by atoms with Gasteiger partial charge in [0.05, 0.1) is 0 Å². The summed E-state index contributed by atoms with van der Waals surface area (Å²) in [4.78, 5) is 16.4. The van der Waals surface area contributed by atoms with E-state index in [1.54, 1.807) is 0 Å². The monoisotopic (exact) mass is 270 g/mol. The van der Waals surface area contributed by atoms with Crippen LogP contribution in [0.2, 0.25) is 0 Å². The van der Waals surface area contributed by atoms with Crippen molar-refractivity contribution < 1.29 is 9.21 Å². The van der Waals surface area contributed by atoms with E-state index in [4.69, 9.17) is 4.42 Å². The SMILES string of the molecule is O=C(NC1CCCCC1)c1ncoc1-c1ccccc1. The number of amides is 1. The largest absolute Gasteiger partial charge is 0.443 e. The summed E-state index contributed by atoms with van der Waals surface area (Å²) >= 11 is 0. The number of nitrogens with one attached hydrogen (secondary N) is 1. The van der Waals surface area contributed by atoms with E-state index in [0.717, 1.165) is 18.4 Å². The maximum atomic E-state index is 12.3. The molecule has 0 atom stereocenters. The van der Waals surface area contributed by atoms with Gasteiger partial charge in [0, 0.05) is 11.6 Å². The van der Waals surface area contributed by atoms with E-state index >= 15 is 0 Å². The highest BCUT2D eigenvalue weighted by molar-refractivity contribution is 5.97. The smallest absolute Gasteiger partial charge is 0.274 e. The van der Waals surface area contributed by atoms with Crippen molar-refractivity contribution in [3.8, 4) is 11.3 Å². The standard InChI is InChI=1S/C16H18N2O2/c19-16(18-13-9-5-2-6-10-13)14-15(20-11-17-14)12-7-3-1-4-8-12/h1,3-4,7-8,11,13H,2,5-6,9-10H2,(H,18,19). The van der Waals surface area contributed by atoms with Crippen molar-refractivity contribution in [2.45, 2.75) is 38.1 Å². The first-order chi connectivity index (χ1) is 9.84. The van der Waals surface area contributed by atoms with Crippen molar-refractivity contribution in [3.05, 3.63) is 42.4 Å². The molecule has 1 fully saturated rings. The zero-order chi connectivity index (χ0) is 13.8. The molecule has 4 heteroatoms. The van der Waals surface area contributed by atoms with Crippen LogP contribution in [0.4, 0.5) is 0 Å². The fourth-order valence-corrected chi connectivity index (χ4v) is 2.70. The molecule has 1 amide bonds. The Labute approximate surface area is 118 Å². The van der Waals surface area contributed by atoms with Gasteiger partial charge < -0.3 is 9.73 Å². The Morgan fingerprint density at radius 2 is 1.90 bits per heavy atom. The molecule has 0 aliphatic heterocycles. The molecule has 0 radical (unpaired) electrons. The topological polar surface area (TPSA) is 55.1 Å². The van der Waals surface area contributed by atoms with Crippen LogP contribution < -0.4 is 5.32 Å². The van der Waals surface area contributed by atoms with Gasteiger partial charge in [-0.05, 0) is 12.8 Å². The summed E-state index contributed by atoms with van der Waals surface area (Å²) in [5, 5.41) is 3.07. The minimum absolute atomic E-state index is 0.135. The molecule has 1 aromatic heterocycles. The first-order valence-electron chi connectivity index (χ1n) is 7.14. The Morgan fingerprint density at radius 3 is 2.65 bits per heavy atom. The van der Waals surface area contributed by atoms with E-state index in [1.165, 1.54) is 25.7 Å². The summed E-state index contributed by atoms with van der Waals surface area (Å²) in [6.45, 7) is 0.